The molecule has 0 spiro atoms. The number of carbonyl (C=O) groups is 3. The molecule has 2 aromatic carbocycles. The fourth-order valence-corrected chi connectivity index (χ4v) is 5.75. The van der Waals surface area contributed by atoms with E-state index in [1.165, 1.54) is 24.3 Å². The number of hydrogen-bond acceptors (Lipinski definition) is 4. The minimum absolute atomic E-state index is 0.222. The van der Waals surface area contributed by atoms with Gasteiger partial charge in [0, 0.05) is 11.8 Å². The summed E-state index contributed by atoms with van der Waals surface area (Å²) in [7, 11) is 0. The Morgan fingerprint density at radius 1 is 0.971 bits per heavy atom. The predicted molar refractivity (Wildman–Crippen MR) is 129 cm³/mol. The van der Waals surface area contributed by atoms with Crippen molar-refractivity contribution in [1.82, 2.24) is 0 Å². The molecule has 4 nitrogen and oxygen atoms in total. The lowest BCUT2D eigenvalue weighted by atomic mass is 9.69. The fraction of sp³-hybridized carbons (Fsp3) is 0.444. The van der Waals surface area contributed by atoms with Gasteiger partial charge in [-0.2, -0.15) is 0 Å². The van der Waals surface area contributed by atoms with Crippen LogP contribution in [-0.4, -0.2) is 40.4 Å². The molecule has 182 valence electrons. The lowest BCUT2D eigenvalue weighted by Gasteiger charge is -2.44. The first-order valence-corrected chi connectivity index (χ1v) is 12.1. The Labute approximate surface area is 205 Å². The van der Waals surface area contributed by atoms with E-state index in [0.717, 1.165) is 0 Å². The van der Waals surface area contributed by atoms with Gasteiger partial charge in [0.25, 0.3) is 5.78 Å². The Kier molecular flexibility index (Phi) is 7.39. The highest BCUT2D eigenvalue weighted by Gasteiger charge is 2.64. The van der Waals surface area contributed by atoms with Gasteiger partial charge in [-0.3, -0.25) is 4.79 Å². The van der Waals surface area contributed by atoms with Crippen molar-refractivity contribution in [2.75, 3.05) is 13.1 Å². The number of rotatable bonds is 8. The highest BCUT2D eigenvalue weighted by atomic mass is 32.1. The van der Waals surface area contributed by atoms with Crippen LogP contribution < -0.4 is 0 Å². The summed E-state index contributed by atoms with van der Waals surface area (Å²) in [5.74, 6) is -2.04. The first-order valence-electron chi connectivity index (χ1n) is 11.7. The average Bonchev–Trinajstić information content (AvgIpc) is 3.16. The largest absolute Gasteiger partial charge is 0.736 e. The van der Waals surface area contributed by atoms with Gasteiger partial charge in [-0.1, -0.05) is 52.0 Å². The molecule has 2 atom stereocenters. The Balaban J connectivity index is 2.32. The molecule has 0 aromatic heterocycles. The van der Waals surface area contributed by atoms with Crippen LogP contribution in [0.3, 0.4) is 0 Å². The van der Waals surface area contributed by atoms with Crippen LogP contribution >= 0.6 is 0 Å². The van der Waals surface area contributed by atoms with E-state index >= 15 is 0 Å². The van der Waals surface area contributed by atoms with Crippen molar-refractivity contribution in [3.8, 4) is 0 Å². The summed E-state index contributed by atoms with van der Waals surface area (Å²) in [6.07, 6.45) is 1.34. The van der Waals surface area contributed by atoms with E-state index in [-0.39, 0.29) is 17.6 Å². The first-order chi connectivity index (χ1) is 16.0. The molecule has 2 aromatic rings. The van der Waals surface area contributed by atoms with E-state index in [9.17, 15) is 23.2 Å². The van der Waals surface area contributed by atoms with Gasteiger partial charge in [0.05, 0.1) is 23.6 Å². The molecular weight excluding hydrogens is 456 g/mol. The van der Waals surface area contributed by atoms with Crippen LogP contribution in [0.4, 0.5) is 8.78 Å². The number of benzene rings is 2. The van der Waals surface area contributed by atoms with E-state index in [1.807, 2.05) is 13.8 Å². The van der Waals surface area contributed by atoms with Crippen LogP contribution in [0.2, 0.25) is 0 Å². The molecule has 0 N–H and O–H groups in total. The van der Waals surface area contributed by atoms with E-state index in [4.69, 9.17) is 12.6 Å². The molecule has 1 fully saturated rings. The standard InChI is InChI=1S/C27H31F2NO3S/c1-5-16-30(24(32)23(31)26(3,4)6-2)17-15-27(22(30)25(33)34,18-7-11-20(28)12-8-18)19-9-13-21(29)14-10-19/h7-14,22H,5-6,15-17H2,1-4H3/t22-,30?/m1/s1. The first kappa shape index (κ1) is 26.1. The highest BCUT2D eigenvalue weighted by Crippen LogP contribution is 2.50. The Morgan fingerprint density at radius 3 is 1.82 bits per heavy atom. The molecule has 0 aliphatic carbocycles. The van der Waals surface area contributed by atoms with Crippen molar-refractivity contribution < 1.29 is 27.6 Å². The summed E-state index contributed by atoms with van der Waals surface area (Å²) >= 11 is 5.26. The predicted octanol–water partition coefficient (Wildman–Crippen LogP) is 4.86. The number of likely N-dealkylation sites (tertiary alicyclic amines) is 1. The molecule has 1 unspecified atom stereocenters. The summed E-state index contributed by atoms with van der Waals surface area (Å²) in [4.78, 5) is 40.6. The van der Waals surface area contributed by atoms with Crippen molar-refractivity contribution in [3.05, 3.63) is 71.3 Å². The van der Waals surface area contributed by atoms with Crippen molar-refractivity contribution in [2.24, 2.45) is 5.41 Å². The zero-order valence-electron chi connectivity index (χ0n) is 20.1. The monoisotopic (exact) mass is 487 g/mol. The smallest absolute Gasteiger partial charge is 0.382 e. The topological polar surface area (TPSA) is 51.2 Å². The van der Waals surface area contributed by atoms with Gasteiger partial charge in [0.15, 0.2) is 0 Å². The van der Waals surface area contributed by atoms with Crippen LogP contribution in [0.15, 0.2) is 48.5 Å². The molecule has 0 saturated carbocycles. The van der Waals surface area contributed by atoms with E-state index in [1.54, 1.807) is 38.1 Å². The maximum atomic E-state index is 13.9. The number of Topliss-reactive ketones (excluding diaryl/α,β-unsaturated/α-hetero) is 1. The molecule has 1 aliphatic rings. The summed E-state index contributed by atoms with van der Waals surface area (Å²) in [5, 5.41) is -0.643. The van der Waals surface area contributed by atoms with E-state index in [2.05, 4.69) is 0 Å². The highest BCUT2D eigenvalue weighted by molar-refractivity contribution is 7.77. The molecule has 0 radical (unpaired) electrons. The molecule has 1 heterocycles. The SMILES string of the molecule is CCC[N+]1(C(=O)C(=O)C(C)(C)CC)CCC(c2ccc(F)cc2)(c2ccc(F)cc2)[C@H]1C(=O)[S-]. The number of nitrogens with zero attached hydrogens (tertiary/aromatic N) is 1. The molecule has 0 bridgehead atoms. The maximum Gasteiger partial charge on any atom is 0.382 e. The van der Waals surface area contributed by atoms with Crippen molar-refractivity contribution >= 4 is 29.4 Å². The Bertz CT molecular complexity index is 1040. The summed E-state index contributed by atoms with van der Waals surface area (Å²) < 4.78 is 27.3. The van der Waals surface area contributed by atoms with Gasteiger partial charge in [-0.15, -0.1) is 0 Å². The number of quaternary nitrogens is 1. The quantitative estimate of drug-likeness (QED) is 0.303. The van der Waals surface area contributed by atoms with Crippen LogP contribution in [0, 0.1) is 17.0 Å². The second-order valence-corrected chi connectivity index (χ2v) is 10.2. The van der Waals surface area contributed by atoms with Gasteiger partial charge in [-0.05, 0) is 48.2 Å². The third-order valence-electron chi connectivity index (χ3n) is 7.53. The van der Waals surface area contributed by atoms with E-state index in [0.29, 0.717) is 30.4 Å². The summed E-state index contributed by atoms with van der Waals surface area (Å²) in [6.45, 7) is 7.67. The second-order valence-electron chi connectivity index (χ2n) is 9.81. The average molecular weight is 488 g/mol. The van der Waals surface area contributed by atoms with Crippen molar-refractivity contribution in [1.29, 1.82) is 0 Å². The number of carbonyl (C=O) groups excluding carboxylic acids is 3. The molecule has 3 rings (SSSR count). The van der Waals surface area contributed by atoms with Gasteiger partial charge < -0.3 is 17.4 Å². The lowest BCUT2D eigenvalue weighted by Crippen LogP contribution is -2.66. The fourth-order valence-electron chi connectivity index (χ4n) is 5.34. The lowest BCUT2D eigenvalue weighted by molar-refractivity contribution is -0.855. The third kappa shape index (κ3) is 4.20. The number of hydrogen-bond donors (Lipinski definition) is 0. The minimum atomic E-state index is -1.11. The van der Waals surface area contributed by atoms with Crippen molar-refractivity contribution in [3.63, 3.8) is 0 Å². The molecule has 1 aliphatic heterocycles. The summed E-state index contributed by atoms with van der Waals surface area (Å²) in [6, 6.07) is 10.4. The van der Waals surface area contributed by atoms with Crippen LogP contribution in [0.25, 0.3) is 0 Å². The number of ketones is 1. The van der Waals surface area contributed by atoms with Crippen LogP contribution in [0.1, 0.15) is 58.1 Å². The third-order valence-corrected chi connectivity index (χ3v) is 7.75. The van der Waals surface area contributed by atoms with Crippen LogP contribution in [0.5, 0.6) is 0 Å². The molecule has 1 amide bonds. The summed E-state index contributed by atoms with van der Waals surface area (Å²) in [5.41, 5.74) is -0.784. The molecule has 1 saturated heterocycles. The van der Waals surface area contributed by atoms with Gasteiger partial charge >= 0.3 is 5.91 Å². The zero-order valence-corrected chi connectivity index (χ0v) is 20.9. The van der Waals surface area contributed by atoms with Gasteiger partial charge in [0.2, 0.25) is 0 Å². The second kappa shape index (κ2) is 9.62. The van der Waals surface area contributed by atoms with Crippen molar-refractivity contribution in [2.45, 2.75) is 58.4 Å². The normalized spacial score (nSPS) is 21.9. The Morgan fingerprint density at radius 2 is 1.44 bits per heavy atom. The van der Waals surface area contributed by atoms with E-state index < -0.39 is 45.3 Å². The van der Waals surface area contributed by atoms with Gasteiger partial charge in [-0.25, -0.2) is 18.1 Å². The zero-order chi connectivity index (χ0) is 25.3. The van der Waals surface area contributed by atoms with Crippen LogP contribution in [-0.2, 0) is 32.4 Å². The number of amides is 1. The number of halogens is 2. The van der Waals surface area contributed by atoms with Gasteiger partial charge in [0.1, 0.15) is 17.7 Å². The molecular formula is C27H31F2NO3S. The minimum Gasteiger partial charge on any atom is -0.736 e. The maximum absolute atomic E-state index is 13.9. The Hall–Kier alpha value is -2.51. The molecule has 7 heteroatoms. The molecule has 34 heavy (non-hydrogen) atoms.